The standard InChI is InChI=1S/C20H22N2O4/c1-14(20(25)26)22(13-17-6-4-3-5-7-17)19(24)18-10-8-16(9-11-18)12-21-15(2)23/h3-11,14H,12-13H2,1-2H3,(H,21,23)(H,25,26). The van der Waals surface area contributed by atoms with Crippen molar-refractivity contribution in [1.82, 2.24) is 10.2 Å². The van der Waals surface area contributed by atoms with Crippen molar-refractivity contribution in [3.8, 4) is 0 Å². The van der Waals surface area contributed by atoms with Crippen LogP contribution in [-0.2, 0) is 22.7 Å². The second kappa shape index (κ2) is 8.80. The van der Waals surface area contributed by atoms with Crippen molar-refractivity contribution in [3.05, 3.63) is 71.3 Å². The van der Waals surface area contributed by atoms with Gasteiger partial charge in [0.2, 0.25) is 5.91 Å². The Hall–Kier alpha value is -3.15. The fraction of sp³-hybridized carbons (Fsp3) is 0.250. The summed E-state index contributed by atoms with van der Waals surface area (Å²) >= 11 is 0. The van der Waals surface area contributed by atoms with E-state index >= 15 is 0 Å². The molecule has 1 atom stereocenters. The molecule has 0 saturated carbocycles. The Bertz CT molecular complexity index is 772. The van der Waals surface area contributed by atoms with Crippen LogP contribution in [0.4, 0.5) is 0 Å². The van der Waals surface area contributed by atoms with E-state index in [1.54, 1.807) is 24.3 Å². The number of aliphatic carboxylic acids is 1. The highest BCUT2D eigenvalue weighted by atomic mass is 16.4. The summed E-state index contributed by atoms with van der Waals surface area (Å²) in [4.78, 5) is 36.6. The molecular formula is C20H22N2O4. The third-order valence-electron chi connectivity index (χ3n) is 4.02. The van der Waals surface area contributed by atoms with E-state index in [0.29, 0.717) is 12.1 Å². The lowest BCUT2D eigenvalue weighted by Gasteiger charge is -2.27. The summed E-state index contributed by atoms with van der Waals surface area (Å²) in [5.74, 6) is -1.54. The molecule has 2 N–H and O–H groups in total. The monoisotopic (exact) mass is 354 g/mol. The first-order valence-corrected chi connectivity index (χ1v) is 8.29. The molecule has 0 spiro atoms. The molecule has 2 amide bonds. The van der Waals surface area contributed by atoms with Gasteiger partial charge in [-0.1, -0.05) is 42.5 Å². The number of carboxylic acid groups (broad SMARTS) is 1. The minimum Gasteiger partial charge on any atom is -0.480 e. The number of hydrogen-bond acceptors (Lipinski definition) is 3. The van der Waals surface area contributed by atoms with Crippen molar-refractivity contribution in [3.63, 3.8) is 0 Å². The Kier molecular flexibility index (Phi) is 6.49. The molecule has 0 bridgehead atoms. The molecule has 0 radical (unpaired) electrons. The maximum absolute atomic E-state index is 12.9. The molecule has 0 aromatic heterocycles. The van der Waals surface area contributed by atoms with E-state index in [2.05, 4.69) is 5.32 Å². The van der Waals surface area contributed by atoms with Crippen LogP contribution in [0, 0.1) is 0 Å². The number of rotatable bonds is 7. The summed E-state index contributed by atoms with van der Waals surface area (Å²) < 4.78 is 0. The number of benzene rings is 2. The van der Waals surface area contributed by atoms with Crippen LogP contribution in [0.25, 0.3) is 0 Å². The van der Waals surface area contributed by atoms with Crippen LogP contribution in [0.2, 0.25) is 0 Å². The highest BCUT2D eigenvalue weighted by Gasteiger charge is 2.26. The first-order valence-electron chi connectivity index (χ1n) is 8.29. The predicted molar refractivity (Wildman–Crippen MR) is 97.4 cm³/mol. The minimum atomic E-state index is -1.06. The van der Waals surface area contributed by atoms with Gasteiger partial charge in [0.15, 0.2) is 0 Å². The minimum absolute atomic E-state index is 0.130. The Balaban J connectivity index is 2.19. The Morgan fingerprint density at radius 1 is 1.00 bits per heavy atom. The third-order valence-corrected chi connectivity index (χ3v) is 4.02. The molecular weight excluding hydrogens is 332 g/mol. The van der Waals surface area contributed by atoms with E-state index in [9.17, 15) is 19.5 Å². The maximum Gasteiger partial charge on any atom is 0.326 e. The number of nitrogens with one attached hydrogen (secondary N) is 1. The first kappa shape index (κ1) is 19.2. The van der Waals surface area contributed by atoms with Gasteiger partial charge in [0.1, 0.15) is 6.04 Å². The molecule has 2 aromatic rings. The summed E-state index contributed by atoms with van der Waals surface area (Å²) in [6.07, 6.45) is 0. The molecule has 2 aromatic carbocycles. The van der Waals surface area contributed by atoms with Gasteiger partial charge in [-0.2, -0.15) is 0 Å². The molecule has 0 saturated heterocycles. The van der Waals surface area contributed by atoms with E-state index in [1.165, 1.54) is 18.7 Å². The number of carboxylic acids is 1. The fourth-order valence-electron chi connectivity index (χ4n) is 2.46. The normalized spacial score (nSPS) is 11.5. The zero-order chi connectivity index (χ0) is 19.1. The molecule has 6 nitrogen and oxygen atoms in total. The van der Waals surface area contributed by atoms with Crippen molar-refractivity contribution in [2.24, 2.45) is 0 Å². The zero-order valence-electron chi connectivity index (χ0n) is 14.8. The number of carbonyl (C=O) groups excluding carboxylic acids is 2. The van der Waals surface area contributed by atoms with Crippen molar-refractivity contribution >= 4 is 17.8 Å². The highest BCUT2D eigenvalue weighted by molar-refractivity contribution is 5.96. The second-order valence-corrected chi connectivity index (χ2v) is 6.04. The van der Waals surface area contributed by atoms with Gasteiger partial charge < -0.3 is 15.3 Å². The summed E-state index contributed by atoms with van der Waals surface area (Å²) in [5, 5.41) is 12.0. The van der Waals surface area contributed by atoms with Crippen LogP contribution in [-0.4, -0.2) is 33.8 Å². The lowest BCUT2D eigenvalue weighted by atomic mass is 10.1. The fourth-order valence-corrected chi connectivity index (χ4v) is 2.46. The van der Waals surface area contributed by atoms with Gasteiger partial charge in [0.25, 0.3) is 5.91 Å². The van der Waals surface area contributed by atoms with E-state index in [1.807, 2.05) is 30.3 Å². The highest BCUT2D eigenvalue weighted by Crippen LogP contribution is 2.15. The Morgan fingerprint density at radius 2 is 1.62 bits per heavy atom. The molecule has 0 heterocycles. The van der Waals surface area contributed by atoms with Gasteiger partial charge in [-0.15, -0.1) is 0 Å². The SMILES string of the molecule is CC(=O)NCc1ccc(C(=O)N(Cc2ccccc2)C(C)C(=O)O)cc1. The average molecular weight is 354 g/mol. The van der Waals surface area contributed by atoms with Crippen LogP contribution < -0.4 is 5.32 Å². The van der Waals surface area contributed by atoms with E-state index in [-0.39, 0.29) is 18.4 Å². The quantitative estimate of drug-likeness (QED) is 0.799. The molecule has 6 heteroatoms. The van der Waals surface area contributed by atoms with Gasteiger partial charge >= 0.3 is 5.97 Å². The molecule has 0 aliphatic heterocycles. The van der Waals surface area contributed by atoms with Crippen LogP contribution in [0.15, 0.2) is 54.6 Å². The lowest BCUT2D eigenvalue weighted by molar-refractivity contribution is -0.141. The molecule has 1 unspecified atom stereocenters. The zero-order valence-corrected chi connectivity index (χ0v) is 14.8. The summed E-state index contributed by atoms with van der Waals surface area (Å²) in [7, 11) is 0. The largest absolute Gasteiger partial charge is 0.480 e. The van der Waals surface area contributed by atoms with Crippen molar-refractivity contribution in [2.45, 2.75) is 33.0 Å². The first-order chi connectivity index (χ1) is 12.4. The molecule has 0 aliphatic carbocycles. The smallest absolute Gasteiger partial charge is 0.326 e. The molecule has 26 heavy (non-hydrogen) atoms. The van der Waals surface area contributed by atoms with Gasteiger partial charge in [-0.25, -0.2) is 4.79 Å². The summed E-state index contributed by atoms with van der Waals surface area (Å²) in [6, 6.07) is 15.1. The van der Waals surface area contributed by atoms with Gasteiger partial charge in [-0.3, -0.25) is 9.59 Å². The van der Waals surface area contributed by atoms with Crippen LogP contribution in [0.1, 0.15) is 35.3 Å². The molecule has 0 aliphatic rings. The predicted octanol–water partition coefficient (Wildman–Crippen LogP) is 2.44. The molecule has 0 fully saturated rings. The Labute approximate surface area is 152 Å². The number of carbonyl (C=O) groups is 3. The van der Waals surface area contributed by atoms with Crippen LogP contribution >= 0.6 is 0 Å². The van der Waals surface area contributed by atoms with Gasteiger partial charge in [-0.05, 0) is 30.2 Å². The van der Waals surface area contributed by atoms with Crippen molar-refractivity contribution < 1.29 is 19.5 Å². The molecule has 2 rings (SSSR count). The van der Waals surface area contributed by atoms with E-state index in [0.717, 1.165) is 11.1 Å². The van der Waals surface area contributed by atoms with Gasteiger partial charge in [0.05, 0.1) is 0 Å². The maximum atomic E-state index is 12.9. The van der Waals surface area contributed by atoms with Crippen LogP contribution in [0.3, 0.4) is 0 Å². The van der Waals surface area contributed by atoms with E-state index in [4.69, 9.17) is 0 Å². The second-order valence-electron chi connectivity index (χ2n) is 6.04. The summed E-state index contributed by atoms with van der Waals surface area (Å²) in [5.41, 5.74) is 2.12. The van der Waals surface area contributed by atoms with Crippen LogP contribution in [0.5, 0.6) is 0 Å². The number of amides is 2. The van der Waals surface area contributed by atoms with Crippen molar-refractivity contribution in [2.75, 3.05) is 0 Å². The van der Waals surface area contributed by atoms with Gasteiger partial charge in [0, 0.05) is 25.6 Å². The number of nitrogens with zero attached hydrogens (tertiary/aromatic N) is 1. The lowest BCUT2D eigenvalue weighted by Crippen LogP contribution is -2.42. The third kappa shape index (κ3) is 5.17. The number of hydrogen-bond donors (Lipinski definition) is 2. The van der Waals surface area contributed by atoms with E-state index < -0.39 is 12.0 Å². The van der Waals surface area contributed by atoms with Crippen molar-refractivity contribution in [1.29, 1.82) is 0 Å². The molecule has 136 valence electrons. The summed E-state index contributed by atoms with van der Waals surface area (Å²) in [6.45, 7) is 3.52. The topological polar surface area (TPSA) is 86.7 Å². The Morgan fingerprint density at radius 3 is 2.15 bits per heavy atom. The average Bonchev–Trinajstić information content (AvgIpc) is 2.64.